The largest absolute Gasteiger partial charge is 0.323 e. The van der Waals surface area contributed by atoms with Crippen LogP contribution in [-0.4, -0.2) is 134 Å². The number of nitrogens with one attached hydrogen (secondary N) is 1. The molecule has 0 fully saturated rings. The molecular weight excluding hydrogens is 1050 g/mol. The third kappa shape index (κ3) is 22.5. The van der Waals surface area contributed by atoms with E-state index >= 15 is 0 Å². The number of aryl methyl sites for hydroxylation is 5. The number of hydrazone groups is 1. The van der Waals surface area contributed by atoms with Crippen LogP contribution < -0.4 is 5.32 Å². The molecule has 0 spiro atoms. The summed E-state index contributed by atoms with van der Waals surface area (Å²) in [6, 6.07) is 0. The molecule has 1 aliphatic carbocycles. The number of imidazole rings is 1. The Hall–Kier alpha value is -8.38. The molecule has 454 valence electrons. The van der Waals surface area contributed by atoms with Gasteiger partial charge in [0.2, 0.25) is 23.5 Å². The zero-order chi connectivity index (χ0) is 60.8. The third-order valence-corrected chi connectivity index (χ3v) is 11.4. The van der Waals surface area contributed by atoms with Gasteiger partial charge in [0.15, 0.2) is 23.3 Å². The summed E-state index contributed by atoms with van der Waals surface area (Å²) in [6.07, 6.45) is 10.6. The minimum Gasteiger partial charge on any atom is -0.323 e. The van der Waals surface area contributed by atoms with Crippen LogP contribution >= 0.6 is 0 Å². The number of aliphatic imine (C=N–C) groups is 2. The van der Waals surface area contributed by atoms with Crippen LogP contribution in [0.25, 0.3) is 0 Å². The van der Waals surface area contributed by atoms with Crippen LogP contribution in [0.4, 0.5) is 11.8 Å². The van der Waals surface area contributed by atoms with Crippen molar-refractivity contribution in [3.05, 3.63) is 81.5 Å². The number of aromatic nitrogens is 13. The van der Waals surface area contributed by atoms with Crippen molar-refractivity contribution in [3.8, 4) is 0 Å². The van der Waals surface area contributed by atoms with Crippen LogP contribution in [0.15, 0.2) is 54.3 Å². The van der Waals surface area contributed by atoms with E-state index in [0.29, 0.717) is 25.0 Å². The molecule has 25 heteroatoms. The summed E-state index contributed by atoms with van der Waals surface area (Å²) in [5, 5.41) is 40.7. The first kappa shape index (κ1) is 72.6. The number of ketones is 2. The quantitative estimate of drug-likeness (QED) is 0.173. The molecular formula is C58H93N21O4. The maximum absolute atomic E-state index is 11.0. The molecule has 7 aliphatic rings. The number of rotatable bonds is 2. The highest BCUT2D eigenvalue weighted by Crippen LogP contribution is 2.26. The second kappa shape index (κ2) is 34.8. The van der Waals surface area contributed by atoms with E-state index in [1.165, 1.54) is 30.0 Å². The van der Waals surface area contributed by atoms with Gasteiger partial charge >= 0.3 is 0 Å². The van der Waals surface area contributed by atoms with Gasteiger partial charge in [-0.05, 0) is 109 Å². The van der Waals surface area contributed by atoms with Gasteiger partial charge in [0.05, 0.1) is 42.3 Å². The predicted octanol–water partition coefficient (Wildman–Crippen LogP) is 9.77. The molecule has 5 aromatic heterocycles. The van der Waals surface area contributed by atoms with E-state index in [1.807, 2.05) is 118 Å². The maximum atomic E-state index is 11.0. The lowest BCUT2D eigenvalue weighted by Gasteiger charge is -2.06. The van der Waals surface area contributed by atoms with Gasteiger partial charge in [-0.3, -0.25) is 14.4 Å². The molecule has 0 aromatic carbocycles. The van der Waals surface area contributed by atoms with Gasteiger partial charge in [0.25, 0.3) is 0 Å². The fourth-order valence-electron chi connectivity index (χ4n) is 7.43. The van der Waals surface area contributed by atoms with E-state index < -0.39 is 0 Å². The number of amides is 2. The van der Waals surface area contributed by atoms with E-state index in [1.54, 1.807) is 35.6 Å². The molecule has 83 heavy (non-hydrogen) atoms. The first-order valence-corrected chi connectivity index (χ1v) is 27.3. The molecule has 25 nitrogen and oxygen atoms in total. The van der Waals surface area contributed by atoms with Crippen molar-refractivity contribution in [1.82, 2.24) is 74.3 Å². The fraction of sp³-hybridized carbons (Fsp3) is 0.552. The van der Waals surface area contributed by atoms with E-state index in [0.717, 1.165) is 130 Å². The zero-order valence-corrected chi connectivity index (χ0v) is 51.7. The van der Waals surface area contributed by atoms with Crippen molar-refractivity contribution in [2.75, 3.05) is 7.05 Å². The molecule has 0 bridgehead atoms. The number of allylic oxidation sites excluding steroid dienone is 3. The molecule has 12 rings (SSSR count). The summed E-state index contributed by atoms with van der Waals surface area (Å²) in [5.41, 5.74) is 11.4. The summed E-state index contributed by atoms with van der Waals surface area (Å²) in [6.45, 7) is 40.4. The summed E-state index contributed by atoms with van der Waals surface area (Å²) < 4.78 is 7.49. The summed E-state index contributed by atoms with van der Waals surface area (Å²) in [7, 11) is 1.67. The molecule has 11 heterocycles. The number of carbonyl (C=O) groups is 4. The third-order valence-electron chi connectivity index (χ3n) is 11.4. The molecule has 0 radical (unpaired) electrons. The Kier molecular flexibility index (Phi) is 30.5. The summed E-state index contributed by atoms with van der Waals surface area (Å²) >= 11 is 0. The minimum atomic E-state index is -0.208. The first-order valence-electron chi connectivity index (χ1n) is 27.3. The Morgan fingerprint density at radius 2 is 1.14 bits per heavy atom. The second-order valence-corrected chi connectivity index (χ2v) is 19.5. The highest BCUT2D eigenvalue weighted by Gasteiger charge is 2.20. The second-order valence-electron chi connectivity index (χ2n) is 19.5. The molecule has 6 aliphatic heterocycles. The molecule has 2 amide bonds. The van der Waals surface area contributed by atoms with E-state index in [2.05, 4.69) is 96.9 Å². The normalized spacial score (nSPS) is 14.2. The van der Waals surface area contributed by atoms with Gasteiger partial charge in [0, 0.05) is 79.5 Å². The van der Waals surface area contributed by atoms with Crippen LogP contribution in [0.2, 0.25) is 0 Å². The lowest BCUT2D eigenvalue weighted by atomic mass is 10.1. The molecule has 0 unspecified atom stereocenters. The molecule has 0 saturated carbocycles. The Morgan fingerprint density at radius 1 is 0.602 bits per heavy atom. The lowest BCUT2D eigenvalue weighted by molar-refractivity contribution is -0.127. The van der Waals surface area contributed by atoms with Crippen LogP contribution in [0.5, 0.6) is 0 Å². The first-order chi connectivity index (χ1) is 38.2. The Labute approximate surface area is 491 Å². The number of carbonyl (C=O) groups excluding carboxylic acids is 4. The van der Waals surface area contributed by atoms with E-state index in [-0.39, 0.29) is 38.2 Å². The van der Waals surface area contributed by atoms with Crippen molar-refractivity contribution >= 4 is 69.4 Å². The highest BCUT2D eigenvalue weighted by molar-refractivity contribution is 6.06. The van der Waals surface area contributed by atoms with Crippen molar-refractivity contribution in [3.63, 3.8) is 0 Å². The van der Waals surface area contributed by atoms with Gasteiger partial charge in [-0.2, -0.15) is 35.6 Å². The fourth-order valence-corrected chi connectivity index (χ4v) is 7.43. The maximum Gasteiger partial charge on any atom is 0.248 e. The minimum absolute atomic E-state index is 0. The summed E-state index contributed by atoms with van der Waals surface area (Å²) in [4.78, 5) is 64.7. The highest BCUT2D eigenvalue weighted by atomic mass is 16.2. The molecule has 0 saturated heterocycles. The summed E-state index contributed by atoms with van der Waals surface area (Å²) in [5.74, 6) is 7.24. The predicted molar refractivity (Wildman–Crippen MR) is 333 cm³/mol. The topological polar surface area (TPSA) is 285 Å². The zero-order valence-electron chi connectivity index (χ0n) is 51.7. The number of hydrogen-bond donors (Lipinski definition) is 1. The van der Waals surface area contributed by atoms with E-state index in [4.69, 9.17) is 0 Å². The van der Waals surface area contributed by atoms with Gasteiger partial charge in [0.1, 0.15) is 23.3 Å². The van der Waals surface area contributed by atoms with Crippen LogP contribution in [0, 0.1) is 48.5 Å². The van der Waals surface area contributed by atoms with Crippen LogP contribution in [-0.2, 0) is 51.5 Å². The smallest absolute Gasteiger partial charge is 0.248 e. The van der Waals surface area contributed by atoms with Crippen molar-refractivity contribution < 1.29 is 19.2 Å². The Balaban J connectivity index is 0.000000470. The van der Waals surface area contributed by atoms with Gasteiger partial charge in [-0.1, -0.05) is 68.0 Å². The number of hydrogen-bond acceptors (Lipinski definition) is 18. The van der Waals surface area contributed by atoms with Gasteiger partial charge in [-0.25, -0.2) is 43.7 Å². The average Bonchev–Trinajstić information content (AvgIpc) is 4.53. The molecule has 0 atom stereocenters. The Morgan fingerprint density at radius 3 is 1.64 bits per heavy atom. The van der Waals surface area contributed by atoms with E-state index in [9.17, 15) is 19.2 Å². The number of nitrogens with zero attached hydrogens (tertiary/aromatic N) is 20. The standard InChI is InChI=1S/2C8H11N3.C8H9NO2.3C6H8N4.C5H8N2O.C4H8O.C3H8.C2H6.2CH4/c1-5-4-11-8(9-5)6(2)7(3)10-11;1-5-4-8-9-6(2)7(3)11(8)10-5;1-6(10)9-7-4-2-3-5-8(7)11;1-4-3-10-6(7-4)8-5(2)9-10;1-4-3-6-8-7-5(2)10(6)9-4;1-4-3-6-7-5(2)9-10(6)8-4;1-4-3-5(8)7(2)6-4;1-3-4(2)5;1-3-2;1-2;;/h2*4H2,1-3H3;3-5H,2H2,1H3,(H,9,10);3*3H2,1-2H3;3H2,1-2H3;3H2,1-2H3;3H2,1-2H3;1-2H3;2*1H4. The monoisotopic (exact) mass is 1150 g/mol. The van der Waals surface area contributed by atoms with Gasteiger partial charge in [-0.15, -0.1) is 20.1 Å². The van der Waals surface area contributed by atoms with Crippen LogP contribution in [0.1, 0.15) is 188 Å². The van der Waals surface area contributed by atoms with Crippen LogP contribution in [0.3, 0.4) is 0 Å². The van der Waals surface area contributed by atoms with Gasteiger partial charge < -0.3 is 10.1 Å². The number of fused-ring (bicyclic) bond motifs is 5. The SMILES string of the molecule is C.C.CC.CC(=O)NC1=CCC=CC1=O.CC1=NN(C)C(=O)C1.CC1=Nc2c(C)c(C)nn2C1.CC1=Nc2nc(C)nn2C1.CC1=Nn2c(C)nnc2C1.CC1=Nn2c(nc(C)c2C)C1.CC1=Nn2nc(C)nc2C1.CCC.CCC(C)=O. The number of Topliss-reactive ketones (excluding diaryl/α,β-unsaturated/α-hetero) is 1. The molecule has 5 aromatic rings. The van der Waals surface area contributed by atoms with Crippen molar-refractivity contribution in [1.29, 1.82) is 0 Å². The van der Waals surface area contributed by atoms with Crippen molar-refractivity contribution in [2.24, 2.45) is 30.4 Å². The van der Waals surface area contributed by atoms with Crippen molar-refractivity contribution in [2.45, 2.75) is 211 Å². The molecule has 1 N–H and O–H groups in total. The average molecular weight is 1150 g/mol. The lowest BCUT2D eigenvalue weighted by Crippen LogP contribution is -2.24. The Bertz CT molecular complexity index is 3140.